The minimum Gasteiger partial charge on any atom is -0.399 e. The SMILES string of the molecule is CN(CCc1ccc(N)cc1)CC1CCCOC1. The Morgan fingerprint density at radius 2 is 2.11 bits per heavy atom. The summed E-state index contributed by atoms with van der Waals surface area (Å²) in [7, 11) is 2.20. The van der Waals surface area contributed by atoms with Crippen LogP contribution in [0.2, 0.25) is 0 Å². The largest absolute Gasteiger partial charge is 0.399 e. The van der Waals surface area contributed by atoms with Gasteiger partial charge in [-0.25, -0.2) is 0 Å². The molecule has 1 atom stereocenters. The van der Waals surface area contributed by atoms with E-state index in [2.05, 4.69) is 24.1 Å². The Balaban J connectivity index is 1.70. The van der Waals surface area contributed by atoms with Crippen LogP contribution in [0.25, 0.3) is 0 Å². The van der Waals surface area contributed by atoms with Gasteiger partial charge in [-0.05, 0) is 49.9 Å². The molecule has 0 aliphatic carbocycles. The molecule has 18 heavy (non-hydrogen) atoms. The third-order valence-electron chi connectivity index (χ3n) is 3.59. The summed E-state index contributed by atoms with van der Waals surface area (Å²) in [5, 5.41) is 0. The molecule has 0 spiro atoms. The van der Waals surface area contributed by atoms with E-state index in [1.54, 1.807) is 0 Å². The maximum atomic E-state index is 5.68. The standard InChI is InChI=1S/C15H24N2O/c1-17(11-14-3-2-10-18-12-14)9-8-13-4-6-15(16)7-5-13/h4-7,14H,2-3,8-12,16H2,1H3. The first kappa shape index (κ1) is 13.4. The third-order valence-corrected chi connectivity index (χ3v) is 3.59. The van der Waals surface area contributed by atoms with Gasteiger partial charge in [-0.15, -0.1) is 0 Å². The van der Waals surface area contributed by atoms with Crippen molar-refractivity contribution in [2.75, 3.05) is 39.1 Å². The van der Waals surface area contributed by atoms with Crippen LogP contribution in [-0.2, 0) is 11.2 Å². The third kappa shape index (κ3) is 4.31. The second kappa shape index (κ2) is 6.76. The number of nitrogens with two attached hydrogens (primary N) is 1. The average Bonchev–Trinajstić information content (AvgIpc) is 2.39. The number of rotatable bonds is 5. The van der Waals surface area contributed by atoms with Crippen LogP contribution in [0, 0.1) is 5.92 Å². The second-order valence-electron chi connectivity index (χ2n) is 5.34. The summed E-state index contributed by atoms with van der Waals surface area (Å²) in [6.07, 6.45) is 3.62. The summed E-state index contributed by atoms with van der Waals surface area (Å²) in [6.45, 7) is 4.13. The van der Waals surface area contributed by atoms with E-state index in [1.165, 1.54) is 18.4 Å². The van der Waals surface area contributed by atoms with E-state index < -0.39 is 0 Å². The maximum absolute atomic E-state index is 5.68. The van der Waals surface area contributed by atoms with Crippen LogP contribution in [0.1, 0.15) is 18.4 Å². The number of benzene rings is 1. The fraction of sp³-hybridized carbons (Fsp3) is 0.600. The van der Waals surface area contributed by atoms with Gasteiger partial charge in [0.1, 0.15) is 0 Å². The maximum Gasteiger partial charge on any atom is 0.0506 e. The molecule has 0 radical (unpaired) electrons. The predicted molar refractivity (Wildman–Crippen MR) is 75.6 cm³/mol. The highest BCUT2D eigenvalue weighted by Crippen LogP contribution is 2.14. The van der Waals surface area contributed by atoms with Crippen LogP contribution >= 0.6 is 0 Å². The molecule has 2 rings (SSSR count). The second-order valence-corrected chi connectivity index (χ2v) is 5.34. The van der Waals surface area contributed by atoms with Gasteiger partial charge in [0, 0.05) is 25.4 Å². The molecule has 1 unspecified atom stereocenters. The van der Waals surface area contributed by atoms with E-state index in [4.69, 9.17) is 10.5 Å². The molecule has 0 saturated carbocycles. The Morgan fingerprint density at radius 3 is 2.78 bits per heavy atom. The highest BCUT2D eigenvalue weighted by molar-refractivity contribution is 5.39. The molecule has 0 amide bonds. The summed E-state index contributed by atoms with van der Waals surface area (Å²) in [6, 6.07) is 8.19. The fourth-order valence-corrected chi connectivity index (χ4v) is 2.49. The molecule has 100 valence electrons. The van der Waals surface area contributed by atoms with Crippen molar-refractivity contribution in [3.8, 4) is 0 Å². The highest BCUT2D eigenvalue weighted by Gasteiger charge is 2.15. The normalized spacial score (nSPS) is 20.2. The monoisotopic (exact) mass is 248 g/mol. The zero-order valence-electron chi connectivity index (χ0n) is 11.3. The Bertz CT molecular complexity index is 344. The van der Waals surface area contributed by atoms with Crippen molar-refractivity contribution in [1.29, 1.82) is 0 Å². The topological polar surface area (TPSA) is 38.5 Å². The summed E-state index contributed by atoms with van der Waals surface area (Å²) in [5.41, 5.74) is 7.88. The van der Waals surface area contributed by atoms with Crippen molar-refractivity contribution in [3.05, 3.63) is 29.8 Å². The van der Waals surface area contributed by atoms with E-state index in [0.717, 1.165) is 44.3 Å². The smallest absolute Gasteiger partial charge is 0.0506 e. The highest BCUT2D eigenvalue weighted by atomic mass is 16.5. The lowest BCUT2D eigenvalue weighted by molar-refractivity contribution is 0.0422. The minimum absolute atomic E-state index is 0.718. The number of likely N-dealkylation sites (N-methyl/N-ethyl adjacent to an activating group) is 1. The van der Waals surface area contributed by atoms with Gasteiger partial charge < -0.3 is 15.4 Å². The molecular weight excluding hydrogens is 224 g/mol. The molecule has 1 aromatic carbocycles. The number of nitrogen functional groups attached to an aromatic ring is 1. The molecule has 1 heterocycles. The van der Waals surface area contributed by atoms with Crippen LogP contribution in [-0.4, -0.2) is 38.3 Å². The first-order chi connectivity index (χ1) is 8.74. The van der Waals surface area contributed by atoms with Crippen LogP contribution in [0.15, 0.2) is 24.3 Å². The summed E-state index contributed by atoms with van der Waals surface area (Å²) < 4.78 is 5.52. The first-order valence-corrected chi connectivity index (χ1v) is 6.85. The summed E-state index contributed by atoms with van der Waals surface area (Å²) in [5.74, 6) is 0.718. The zero-order valence-corrected chi connectivity index (χ0v) is 11.3. The first-order valence-electron chi connectivity index (χ1n) is 6.85. The predicted octanol–water partition coefficient (Wildman–Crippen LogP) is 2.17. The molecular formula is C15H24N2O. The Hall–Kier alpha value is -1.06. The van der Waals surface area contributed by atoms with Gasteiger partial charge in [0.05, 0.1) is 6.61 Å². The van der Waals surface area contributed by atoms with Crippen LogP contribution in [0.5, 0.6) is 0 Å². The molecule has 1 fully saturated rings. The van der Waals surface area contributed by atoms with Crippen molar-refractivity contribution in [2.45, 2.75) is 19.3 Å². The Morgan fingerprint density at radius 1 is 1.33 bits per heavy atom. The molecule has 0 bridgehead atoms. The van der Waals surface area contributed by atoms with Gasteiger partial charge in [0.25, 0.3) is 0 Å². The molecule has 1 aromatic rings. The number of hydrogen-bond donors (Lipinski definition) is 1. The molecule has 0 aromatic heterocycles. The van der Waals surface area contributed by atoms with E-state index in [9.17, 15) is 0 Å². The average molecular weight is 248 g/mol. The number of hydrogen-bond acceptors (Lipinski definition) is 3. The van der Waals surface area contributed by atoms with Crippen molar-refractivity contribution in [2.24, 2.45) is 5.92 Å². The number of ether oxygens (including phenoxy) is 1. The van der Waals surface area contributed by atoms with Gasteiger partial charge in [-0.2, -0.15) is 0 Å². The van der Waals surface area contributed by atoms with Crippen LogP contribution in [0.4, 0.5) is 5.69 Å². The quantitative estimate of drug-likeness (QED) is 0.812. The Labute approximate surface area is 110 Å². The molecule has 1 aliphatic rings. The molecule has 1 saturated heterocycles. The van der Waals surface area contributed by atoms with Gasteiger partial charge in [0.15, 0.2) is 0 Å². The van der Waals surface area contributed by atoms with E-state index >= 15 is 0 Å². The van der Waals surface area contributed by atoms with Crippen molar-refractivity contribution < 1.29 is 4.74 Å². The van der Waals surface area contributed by atoms with Gasteiger partial charge in [-0.3, -0.25) is 0 Å². The molecule has 2 N–H and O–H groups in total. The summed E-state index contributed by atoms with van der Waals surface area (Å²) in [4.78, 5) is 2.41. The Kier molecular flexibility index (Phi) is 5.02. The lowest BCUT2D eigenvalue weighted by Gasteiger charge is -2.27. The van der Waals surface area contributed by atoms with Crippen LogP contribution in [0.3, 0.4) is 0 Å². The van der Waals surface area contributed by atoms with E-state index in [1.807, 2.05) is 12.1 Å². The number of anilines is 1. The zero-order chi connectivity index (χ0) is 12.8. The molecule has 1 aliphatic heterocycles. The van der Waals surface area contributed by atoms with Gasteiger partial charge in [-0.1, -0.05) is 12.1 Å². The van der Waals surface area contributed by atoms with Crippen molar-refractivity contribution in [1.82, 2.24) is 4.90 Å². The van der Waals surface area contributed by atoms with Crippen molar-refractivity contribution in [3.63, 3.8) is 0 Å². The van der Waals surface area contributed by atoms with Crippen molar-refractivity contribution >= 4 is 5.69 Å². The van der Waals surface area contributed by atoms with E-state index in [-0.39, 0.29) is 0 Å². The van der Waals surface area contributed by atoms with Crippen LogP contribution < -0.4 is 5.73 Å². The molecule has 3 heteroatoms. The lowest BCUT2D eigenvalue weighted by Crippen LogP contribution is -2.32. The summed E-state index contributed by atoms with van der Waals surface area (Å²) >= 11 is 0. The lowest BCUT2D eigenvalue weighted by atomic mass is 10.0. The van der Waals surface area contributed by atoms with Gasteiger partial charge in [0.2, 0.25) is 0 Å². The van der Waals surface area contributed by atoms with Gasteiger partial charge >= 0.3 is 0 Å². The fourth-order valence-electron chi connectivity index (χ4n) is 2.49. The minimum atomic E-state index is 0.718. The number of nitrogens with zero attached hydrogens (tertiary/aromatic N) is 1. The molecule has 3 nitrogen and oxygen atoms in total. The van der Waals surface area contributed by atoms with E-state index in [0.29, 0.717) is 0 Å².